The molecule has 2 N–H and O–H groups in total. The number of phenols is 1. The van der Waals surface area contributed by atoms with Gasteiger partial charge in [-0.25, -0.2) is 0 Å². The second-order valence-corrected chi connectivity index (χ2v) is 6.87. The second kappa shape index (κ2) is 6.51. The molecule has 1 heterocycles. The van der Waals surface area contributed by atoms with Crippen LogP contribution in [0.2, 0.25) is 0 Å². The molecule has 0 saturated carbocycles. The van der Waals surface area contributed by atoms with Gasteiger partial charge in [-0.15, -0.1) is 0 Å². The summed E-state index contributed by atoms with van der Waals surface area (Å²) in [6.45, 7) is 6.51. The minimum Gasteiger partial charge on any atom is -0.507 e. The van der Waals surface area contributed by atoms with E-state index in [4.69, 9.17) is 9.47 Å². The monoisotopic (exact) mass is 338 g/mol. The Morgan fingerprint density at radius 3 is 2.28 bits per heavy atom. The zero-order valence-corrected chi connectivity index (χ0v) is 14.8. The Hall–Kier alpha value is -2.95. The maximum Gasteiger partial charge on any atom is 0.173 e. The van der Waals surface area contributed by atoms with Gasteiger partial charge in [0.05, 0.1) is 13.3 Å². The lowest BCUT2D eigenvalue weighted by atomic mass is 9.87. The Kier molecular flexibility index (Phi) is 4.40. The summed E-state index contributed by atoms with van der Waals surface area (Å²) in [6, 6.07) is 13.1. The number of nitrogens with zero attached hydrogens (tertiary/aromatic N) is 1. The number of benzene rings is 2. The van der Waals surface area contributed by atoms with Gasteiger partial charge in [-0.2, -0.15) is 5.10 Å². The van der Waals surface area contributed by atoms with E-state index >= 15 is 0 Å². The lowest BCUT2D eigenvalue weighted by molar-refractivity contribution is 0.408. The molecule has 3 aromatic rings. The molecule has 0 radical (unpaired) electrons. The Balaban J connectivity index is 1.87. The summed E-state index contributed by atoms with van der Waals surface area (Å²) in [5.74, 6) is 1.94. The third kappa shape index (κ3) is 3.60. The zero-order chi connectivity index (χ0) is 18.0. The van der Waals surface area contributed by atoms with Gasteiger partial charge in [0.25, 0.3) is 0 Å². The predicted molar refractivity (Wildman–Crippen MR) is 97.5 cm³/mol. The molecule has 5 heteroatoms. The highest BCUT2D eigenvalue weighted by atomic mass is 16.5. The number of nitrogens with one attached hydrogen (secondary N) is 1. The normalized spacial score (nSPS) is 11.4. The van der Waals surface area contributed by atoms with Crippen molar-refractivity contribution in [1.29, 1.82) is 0 Å². The second-order valence-electron chi connectivity index (χ2n) is 6.87. The van der Waals surface area contributed by atoms with Gasteiger partial charge in [-0.1, -0.05) is 32.9 Å². The highest BCUT2D eigenvalue weighted by molar-refractivity contribution is 5.73. The lowest BCUT2D eigenvalue weighted by Gasteiger charge is -2.19. The number of methoxy groups -OCH3 is 1. The van der Waals surface area contributed by atoms with Crippen molar-refractivity contribution in [3.8, 4) is 34.3 Å². The van der Waals surface area contributed by atoms with E-state index in [-0.39, 0.29) is 11.2 Å². The van der Waals surface area contributed by atoms with Crippen LogP contribution in [0.1, 0.15) is 26.3 Å². The van der Waals surface area contributed by atoms with Gasteiger partial charge in [0.15, 0.2) is 5.75 Å². The molecule has 0 fully saturated rings. The molecule has 0 aliphatic rings. The molecule has 3 rings (SSSR count). The van der Waals surface area contributed by atoms with Crippen LogP contribution in [-0.4, -0.2) is 22.4 Å². The highest BCUT2D eigenvalue weighted by Gasteiger charge is 2.16. The van der Waals surface area contributed by atoms with E-state index in [0.717, 1.165) is 0 Å². The number of aromatic amines is 1. The maximum absolute atomic E-state index is 10.2. The van der Waals surface area contributed by atoms with Crippen molar-refractivity contribution in [2.75, 3.05) is 7.11 Å². The van der Waals surface area contributed by atoms with Crippen LogP contribution in [0.3, 0.4) is 0 Å². The number of rotatable bonds is 4. The first-order valence-electron chi connectivity index (χ1n) is 8.07. The number of ether oxygens (including phenoxy) is 2. The fourth-order valence-electron chi connectivity index (χ4n) is 2.55. The third-order valence-electron chi connectivity index (χ3n) is 4.03. The minimum absolute atomic E-state index is 0.0915. The van der Waals surface area contributed by atoms with Gasteiger partial charge >= 0.3 is 0 Å². The predicted octanol–water partition coefficient (Wildman–Crippen LogP) is 4.88. The largest absolute Gasteiger partial charge is 0.507 e. The summed E-state index contributed by atoms with van der Waals surface area (Å²) in [7, 11) is 1.56. The van der Waals surface area contributed by atoms with Crippen LogP contribution in [-0.2, 0) is 5.41 Å². The Morgan fingerprint density at radius 1 is 1.00 bits per heavy atom. The van der Waals surface area contributed by atoms with Gasteiger partial charge in [0.1, 0.15) is 22.9 Å². The molecule has 2 aromatic carbocycles. The van der Waals surface area contributed by atoms with Crippen LogP contribution in [0.5, 0.6) is 23.0 Å². The van der Waals surface area contributed by atoms with Gasteiger partial charge in [0.2, 0.25) is 0 Å². The van der Waals surface area contributed by atoms with Crippen molar-refractivity contribution >= 4 is 0 Å². The van der Waals surface area contributed by atoms with Gasteiger partial charge < -0.3 is 14.6 Å². The summed E-state index contributed by atoms with van der Waals surface area (Å²) < 4.78 is 11.1. The number of aromatic hydroxyl groups is 1. The number of hydrogen-bond acceptors (Lipinski definition) is 4. The van der Waals surface area contributed by atoms with Crippen molar-refractivity contribution in [1.82, 2.24) is 10.2 Å². The first-order valence-corrected chi connectivity index (χ1v) is 8.07. The van der Waals surface area contributed by atoms with E-state index in [9.17, 15) is 5.11 Å². The number of hydrogen-bond donors (Lipinski definition) is 2. The molecular weight excluding hydrogens is 316 g/mol. The topological polar surface area (TPSA) is 67.4 Å². The smallest absolute Gasteiger partial charge is 0.173 e. The Bertz CT molecular complexity index is 861. The summed E-state index contributed by atoms with van der Waals surface area (Å²) in [4.78, 5) is 0. The van der Waals surface area contributed by atoms with Crippen molar-refractivity contribution in [2.24, 2.45) is 0 Å². The fourth-order valence-corrected chi connectivity index (χ4v) is 2.55. The maximum atomic E-state index is 10.2. The van der Waals surface area contributed by atoms with Gasteiger partial charge in [0, 0.05) is 11.6 Å². The molecular formula is C20H22N2O3. The van der Waals surface area contributed by atoms with Crippen molar-refractivity contribution in [2.45, 2.75) is 26.2 Å². The van der Waals surface area contributed by atoms with E-state index in [1.165, 1.54) is 5.56 Å². The van der Waals surface area contributed by atoms with Crippen molar-refractivity contribution in [3.63, 3.8) is 0 Å². The quantitative estimate of drug-likeness (QED) is 0.711. The molecule has 0 aliphatic heterocycles. The standard InChI is InChI=1S/C20H22N2O3/c1-20(2,3)13-5-7-14(8-6-13)25-18-12-21-22-19(18)16-10-9-15(24-4)11-17(16)23/h5-12,23H,1-4H3,(H,21,22). The van der Waals surface area contributed by atoms with Gasteiger partial charge in [-0.3, -0.25) is 5.10 Å². The van der Waals surface area contributed by atoms with Crippen LogP contribution < -0.4 is 9.47 Å². The van der Waals surface area contributed by atoms with E-state index in [1.54, 1.807) is 31.5 Å². The molecule has 5 nitrogen and oxygen atoms in total. The van der Waals surface area contributed by atoms with E-state index in [2.05, 4.69) is 43.1 Å². The average Bonchev–Trinajstić information content (AvgIpc) is 3.02. The van der Waals surface area contributed by atoms with Crippen LogP contribution >= 0.6 is 0 Å². The lowest BCUT2D eigenvalue weighted by Crippen LogP contribution is -2.10. The summed E-state index contributed by atoms with van der Waals surface area (Å²) in [6.07, 6.45) is 1.59. The molecule has 0 atom stereocenters. The number of phenolic OH excluding ortho intramolecular Hbond substituents is 1. The van der Waals surface area contributed by atoms with E-state index in [0.29, 0.717) is 28.5 Å². The van der Waals surface area contributed by atoms with Crippen LogP contribution in [0, 0.1) is 0 Å². The third-order valence-corrected chi connectivity index (χ3v) is 4.03. The molecule has 1 aromatic heterocycles. The summed E-state index contributed by atoms with van der Waals surface area (Å²) in [5.41, 5.74) is 2.54. The minimum atomic E-state index is 0.0915. The number of aromatic nitrogens is 2. The average molecular weight is 338 g/mol. The molecule has 0 spiro atoms. The van der Waals surface area contributed by atoms with Crippen LogP contribution in [0.25, 0.3) is 11.3 Å². The van der Waals surface area contributed by atoms with Crippen LogP contribution in [0.15, 0.2) is 48.7 Å². The zero-order valence-electron chi connectivity index (χ0n) is 14.8. The van der Waals surface area contributed by atoms with E-state index in [1.807, 2.05) is 12.1 Å². The first kappa shape index (κ1) is 16.9. The molecule has 0 unspecified atom stereocenters. The summed E-state index contributed by atoms with van der Waals surface area (Å²) >= 11 is 0. The molecule has 130 valence electrons. The van der Waals surface area contributed by atoms with E-state index < -0.39 is 0 Å². The first-order chi connectivity index (χ1) is 11.9. The van der Waals surface area contributed by atoms with Gasteiger partial charge in [-0.05, 0) is 35.2 Å². The Morgan fingerprint density at radius 2 is 1.68 bits per heavy atom. The van der Waals surface area contributed by atoms with Crippen molar-refractivity contribution < 1.29 is 14.6 Å². The molecule has 0 bridgehead atoms. The highest BCUT2D eigenvalue weighted by Crippen LogP contribution is 2.38. The van der Waals surface area contributed by atoms with Crippen molar-refractivity contribution in [3.05, 3.63) is 54.2 Å². The number of H-pyrrole nitrogens is 1. The molecule has 0 aliphatic carbocycles. The molecule has 0 amide bonds. The SMILES string of the molecule is COc1ccc(-c2[nH]ncc2Oc2ccc(C(C)(C)C)cc2)c(O)c1. The Labute approximate surface area is 147 Å². The molecule has 0 saturated heterocycles. The molecule has 25 heavy (non-hydrogen) atoms. The van der Waals surface area contributed by atoms with Crippen LogP contribution in [0.4, 0.5) is 0 Å². The summed E-state index contributed by atoms with van der Waals surface area (Å²) in [5, 5.41) is 17.2. The fraction of sp³-hybridized carbons (Fsp3) is 0.250.